The lowest BCUT2D eigenvalue weighted by Gasteiger charge is -2.25. The molecule has 1 amide bonds. The van der Waals surface area contributed by atoms with Crippen molar-refractivity contribution in [3.05, 3.63) is 65.0 Å². The van der Waals surface area contributed by atoms with E-state index in [-0.39, 0.29) is 12.5 Å². The Hall–Kier alpha value is -2.66. The summed E-state index contributed by atoms with van der Waals surface area (Å²) in [6, 6.07) is 17.8. The fourth-order valence-corrected chi connectivity index (χ4v) is 4.45. The van der Waals surface area contributed by atoms with Gasteiger partial charge in [-0.1, -0.05) is 44.2 Å². The van der Waals surface area contributed by atoms with Gasteiger partial charge < -0.3 is 10.1 Å². The van der Waals surface area contributed by atoms with Gasteiger partial charge in [-0.05, 0) is 55.0 Å². The summed E-state index contributed by atoms with van der Waals surface area (Å²) in [5.74, 6) is -0.447. The van der Waals surface area contributed by atoms with Gasteiger partial charge in [0.05, 0.1) is 6.61 Å². The predicted molar refractivity (Wildman–Crippen MR) is 119 cm³/mol. The molecule has 0 aliphatic rings. The summed E-state index contributed by atoms with van der Waals surface area (Å²) in [5.41, 5.74) is 0.556. The Morgan fingerprint density at radius 1 is 1.10 bits per heavy atom. The second-order valence-electron chi connectivity index (χ2n) is 7.71. The van der Waals surface area contributed by atoms with Gasteiger partial charge >= 0.3 is 5.97 Å². The Kier molecular flexibility index (Phi) is 6.38. The van der Waals surface area contributed by atoms with Crippen molar-refractivity contribution in [2.45, 2.75) is 40.0 Å². The Balaban J connectivity index is 1.86. The summed E-state index contributed by atoms with van der Waals surface area (Å²) >= 11 is 1.60. The molecule has 0 bridgehead atoms. The monoisotopic (exact) mass is 409 g/mol. The zero-order valence-corrected chi connectivity index (χ0v) is 18.1. The molecule has 5 heteroatoms. The molecule has 1 heterocycles. The predicted octanol–water partition coefficient (Wildman–Crippen LogP) is 5.78. The standard InChI is InChI=1S/C24H27NO3S/c1-5-28-23(27)24(4,15-20-14-18-8-6-7-9-21(18)29-20)22(26)25-19-12-10-17(11-13-19)16(2)3/h6-14,16H,5,15H2,1-4H3,(H,25,26). The summed E-state index contributed by atoms with van der Waals surface area (Å²) in [5, 5.41) is 4.02. The summed E-state index contributed by atoms with van der Waals surface area (Å²) in [6.45, 7) is 7.89. The molecule has 3 aromatic rings. The largest absolute Gasteiger partial charge is 0.465 e. The topological polar surface area (TPSA) is 55.4 Å². The van der Waals surface area contributed by atoms with Crippen molar-refractivity contribution < 1.29 is 14.3 Å². The highest BCUT2D eigenvalue weighted by Gasteiger charge is 2.43. The lowest BCUT2D eigenvalue weighted by atomic mass is 9.84. The minimum Gasteiger partial charge on any atom is -0.465 e. The maximum absolute atomic E-state index is 13.2. The first kappa shape index (κ1) is 21.1. The maximum atomic E-state index is 13.2. The van der Waals surface area contributed by atoms with Crippen LogP contribution in [0.2, 0.25) is 0 Å². The molecule has 1 aromatic heterocycles. The molecule has 0 radical (unpaired) electrons. The van der Waals surface area contributed by atoms with Gasteiger partial charge in [-0.25, -0.2) is 0 Å². The molecule has 29 heavy (non-hydrogen) atoms. The minimum atomic E-state index is -1.31. The van der Waals surface area contributed by atoms with E-state index >= 15 is 0 Å². The average molecular weight is 410 g/mol. The lowest BCUT2D eigenvalue weighted by molar-refractivity contribution is -0.158. The van der Waals surface area contributed by atoms with E-state index in [4.69, 9.17) is 4.74 Å². The molecule has 0 fully saturated rings. The number of carbonyl (C=O) groups is 2. The summed E-state index contributed by atoms with van der Waals surface area (Å²) in [7, 11) is 0. The molecule has 0 saturated carbocycles. The van der Waals surface area contributed by atoms with Crippen molar-refractivity contribution in [2.75, 3.05) is 11.9 Å². The van der Waals surface area contributed by atoms with E-state index in [2.05, 4.69) is 19.2 Å². The second-order valence-corrected chi connectivity index (χ2v) is 8.88. The van der Waals surface area contributed by atoms with Crippen LogP contribution in [0.5, 0.6) is 0 Å². The van der Waals surface area contributed by atoms with Crippen molar-refractivity contribution in [2.24, 2.45) is 5.41 Å². The summed E-state index contributed by atoms with van der Waals surface area (Å²) in [4.78, 5) is 26.9. The molecule has 4 nitrogen and oxygen atoms in total. The molecule has 0 aliphatic heterocycles. The molecular weight excluding hydrogens is 382 g/mol. The fourth-order valence-electron chi connectivity index (χ4n) is 3.23. The number of thiophene rings is 1. The van der Waals surface area contributed by atoms with Crippen molar-refractivity contribution >= 4 is 39.0 Å². The normalized spacial score (nSPS) is 13.3. The molecule has 3 rings (SSSR count). The van der Waals surface area contributed by atoms with E-state index in [0.29, 0.717) is 18.0 Å². The number of amides is 1. The number of nitrogens with one attached hydrogen (secondary N) is 1. The number of esters is 1. The van der Waals surface area contributed by atoms with Crippen LogP contribution in [0.15, 0.2) is 54.6 Å². The second kappa shape index (κ2) is 8.78. The van der Waals surface area contributed by atoms with Gasteiger partial charge in [0.25, 0.3) is 0 Å². The third-order valence-electron chi connectivity index (χ3n) is 5.07. The molecule has 0 aliphatic carbocycles. The lowest BCUT2D eigenvalue weighted by Crippen LogP contribution is -2.43. The van der Waals surface area contributed by atoms with Crippen LogP contribution in [-0.4, -0.2) is 18.5 Å². The first-order valence-electron chi connectivity index (χ1n) is 9.89. The zero-order valence-electron chi connectivity index (χ0n) is 17.3. The molecule has 0 saturated heterocycles. The number of rotatable bonds is 7. The quantitative estimate of drug-likeness (QED) is 0.398. The Morgan fingerprint density at radius 2 is 1.79 bits per heavy atom. The van der Waals surface area contributed by atoms with Gasteiger partial charge in [0.15, 0.2) is 0 Å². The molecule has 152 valence electrons. The number of ether oxygens (including phenoxy) is 1. The highest BCUT2D eigenvalue weighted by molar-refractivity contribution is 7.19. The maximum Gasteiger partial charge on any atom is 0.321 e. The van der Waals surface area contributed by atoms with Crippen LogP contribution in [0, 0.1) is 5.41 Å². The molecule has 0 spiro atoms. The third-order valence-corrected chi connectivity index (χ3v) is 6.18. The van der Waals surface area contributed by atoms with Crippen LogP contribution in [0.3, 0.4) is 0 Å². The number of hydrogen-bond donors (Lipinski definition) is 1. The van der Waals surface area contributed by atoms with Crippen LogP contribution in [0.4, 0.5) is 5.69 Å². The number of benzene rings is 2. The Labute approximate surface area is 175 Å². The molecule has 1 N–H and O–H groups in total. The van der Waals surface area contributed by atoms with Gasteiger partial charge in [0.1, 0.15) is 5.41 Å². The molecule has 2 aromatic carbocycles. The first-order valence-corrected chi connectivity index (χ1v) is 10.7. The van der Waals surface area contributed by atoms with Gasteiger partial charge in [-0.2, -0.15) is 0 Å². The number of hydrogen-bond acceptors (Lipinski definition) is 4. The summed E-state index contributed by atoms with van der Waals surface area (Å²) < 4.78 is 6.41. The molecule has 1 atom stereocenters. The SMILES string of the molecule is CCOC(=O)C(C)(Cc1cc2ccccc2s1)C(=O)Nc1ccc(C(C)C)cc1. The van der Waals surface area contributed by atoms with Crippen LogP contribution in [0.1, 0.15) is 44.1 Å². The first-order chi connectivity index (χ1) is 13.8. The number of anilines is 1. The fraction of sp³-hybridized carbons (Fsp3) is 0.333. The zero-order chi connectivity index (χ0) is 21.0. The van der Waals surface area contributed by atoms with Crippen molar-refractivity contribution in [1.82, 2.24) is 0 Å². The number of fused-ring (bicyclic) bond motifs is 1. The van der Waals surface area contributed by atoms with E-state index in [9.17, 15) is 9.59 Å². The van der Waals surface area contributed by atoms with E-state index < -0.39 is 11.4 Å². The van der Waals surface area contributed by atoms with Crippen LogP contribution in [0.25, 0.3) is 10.1 Å². The summed E-state index contributed by atoms with van der Waals surface area (Å²) in [6.07, 6.45) is 0.293. The molecule has 1 unspecified atom stereocenters. The smallest absolute Gasteiger partial charge is 0.321 e. The van der Waals surface area contributed by atoms with Crippen molar-refractivity contribution in [1.29, 1.82) is 0 Å². The molecular formula is C24H27NO3S. The minimum absolute atomic E-state index is 0.233. The van der Waals surface area contributed by atoms with Crippen molar-refractivity contribution in [3.8, 4) is 0 Å². The Morgan fingerprint density at radius 3 is 2.41 bits per heavy atom. The van der Waals surface area contributed by atoms with Gasteiger partial charge in [0.2, 0.25) is 5.91 Å². The Bertz CT molecular complexity index is 973. The van der Waals surface area contributed by atoms with E-state index in [0.717, 1.165) is 15.0 Å². The average Bonchev–Trinajstić information content (AvgIpc) is 3.10. The van der Waals surface area contributed by atoms with Gasteiger partial charge in [-0.3, -0.25) is 9.59 Å². The third kappa shape index (κ3) is 4.67. The van der Waals surface area contributed by atoms with Gasteiger partial charge in [-0.15, -0.1) is 11.3 Å². The van der Waals surface area contributed by atoms with Crippen molar-refractivity contribution in [3.63, 3.8) is 0 Å². The highest BCUT2D eigenvalue weighted by Crippen LogP contribution is 2.33. The van der Waals surface area contributed by atoms with Gasteiger partial charge in [0, 0.05) is 21.7 Å². The van der Waals surface area contributed by atoms with E-state index in [1.807, 2.05) is 54.6 Å². The van der Waals surface area contributed by atoms with Crippen LogP contribution < -0.4 is 5.32 Å². The van der Waals surface area contributed by atoms with Crippen LogP contribution in [-0.2, 0) is 20.7 Å². The van der Waals surface area contributed by atoms with E-state index in [1.165, 1.54) is 5.56 Å². The van der Waals surface area contributed by atoms with Crippen LogP contribution >= 0.6 is 11.3 Å². The number of carbonyl (C=O) groups excluding carboxylic acids is 2. The van der Waals surface area contributed by atoms with E-state index in [1.54, 1.807) is 25.2 Å². The highest BCUT2D eigenvalue weighted by atomic mass is 32.1.